The van der Waals surface area contributed by atoms with Crippen LogP contribution in [0, 0.1) is 12.8 Å². The molecule has 0 amide bonds. The molecule has 0 aliphatic rings. The molecule has 1 heterocycles. The maximum Gasteiger partial charge on any atom is 0.138 e. The van der Waals surface area contributed by atoms with Gasteiger partial charge in [-0.2, -0.15) is 0 Å². The Bertz CT molecular complexity index is 595. The van der Waals surface area contributed by atoms with Crippen molar-refractivity contribution in [3.8, 4) is 0 Å². The molecule has 1 aromatic carbocycles. The van der Waals surface area contributed by atoms with Gasteiger partial charge in [-0.1, -0.05) is 46.8 Å². The standard InChI is InChI=1S/C19H29NO/c1-7-10-20-18(13(4)5)17-11-16-14(6)8-9-15(12(2)3)19(16)21-17/h8-9,11-13,18,20H,7,10H2,1-6H3. The van der Waals surface area contributed by atoms with Gasteiger partial charge < -0.3 is 9.73 Å². The van der Waals surface area contributed by atoms with Crippen molar-refractivity contribution < 1.29 is 4.42 Å². The molecule has 2 nitrogen and oxygen atoms in total. The van der Waals surface area contributed by atoms with E-state index in [9.17, 15) is 0 Å². The zero-order valence-electron chi connectivity index (χ0n) is 14.3. The largest absolute Gasteiger partial charge is 0.459 e. The van der Waals surface area contributed by atoms with Crippen molar-refractivity contribution in [1.82, 2.24) is 5.32 Å². The summed E-state index contributed by atoms with van der Waals surface area (Å²) in [5.74, 6) is 2.07. The summed E-state index contributed by atoms with van der Waals surface area (Å²) in [6.45, 7) is 14.3. The summed E-state index contributed by atoms with van der Waals surface area (Å²) in [6, 6.07) is 6.95. The number of nitrogens with one attached hydrogen (secondary N) is 1. The lowest BCUT2D eigenvalue weighted by molar-refractivity contribution is 0.351. The molecule has 0 aliphatic heterocycles. The van der Waals surface area contributed by atoms with Crippen LogP contribution < -0.4 is 5.32 Å². The van der Waals surface area contributed by atoms with Gasteiger partial charge in [-0.05, 0) is 48.9 Å². The molecule has 0 fully saturated rings. The van der Waals surface area contributed by atoms with E-state index in [-0.39, 0.29) is 6.04 Å². The molecule has 0 radical (unpaired) electrons. The summed E-state index contributed by atoms with van der Waals surface area (Å²) < 4.78 is 6.30. The smallest absolute Gasteiger partial charge is 0.138 e. The van der Waals surface area contributed by atoms with E-state index in [1.54, 1.807) is 0 Å². The van der Waals surface area contributed by atoms with Gasteiger partial charge in [0.15, 0.2) is 0 Å². The zero-order chi connectivity index (χ0) is 15.6. The van der Waals surface area contributed by atoms with Crippen molar-refractivity contribution in [1.29, 1.82) is 0 Å². The molecule has 0 bridgehead atoms. The Hall–Kier alpha value is -1.28. The molecule has 2 heteroatoms. The Morgan fingerprint density at radius 1 is 1.14 bits per heavy atom. The minimum Gasteiger partial charge on any atom is -0.459 e. The first-order valence-corrected chi connectivity index (χ1v) is 8.22. The molecule has 0 spiro atoms. The van der Waals surface area contributed by atoms with Crippen molar-refractivity contribution >= 4 is 11.0 Å². The Morgan fingerprint density at radius 2 is 1.86 bits per heavy atom. The highest BCUT2D eigenvalue weighted by Crippen LogP contribution is 2.34. The van der Waals surface area contributed by atoms with Crippen molar-refractivity contribution in [3.05, 3.63) is 35.1 Å². The summed E-state index contributed by atoms with van der Waals surface area (Å²) in [5.41, 5.74) is 3.67. The lowest BCUT2D eigenvalue weighted by Crippen LogP contribution is -2.25. The summed E-state index contributed by atoms with van der Waals surface area (Å²) in [6.07, 6.45) is 1.14. The second kappa shape index (κ2) is 6.65. The highest BCUT2D eigenvalue weighted by Gasteiger charge is 2.21. The Kier molecular flexibility index (Phi) is 5.10. The van der Waals surface area contributed by atoms with Crippen molar-refractivity contribution in [2.24, 2.45) is 5.92 Å². The second-order valence-corrected chi connectivity index (χ2v) is 6.69. The predicted octanol–water partition coefficient (Wildman–Crippen LogP) is 5.56. The number of hydrogen-bond donors (Lipinski definition) is 1. The molecule has 1 N–H and O–H groups in total. The predicted molar refractivity (Wildman–Crippen MR) is 90.9 cm³/mol. The number of fused-ring (bicyclic) bond motifs is 1. The number of rotatable bonds is 6. The van der Waals surface area contributed by atoms with Crippen LogP contribution in [0.1, 0.15) is 69.9 Å². The van der Waals surface area contributed by atoms with Gasteiger partial charge in [0, 0.05) is 5.39 Å². The average molecular weight is 287 g/mol. The molecule has 0 aliphatic carbocycles. The van der Waals surface area contributed by atoms with Crippen LogP contribution in [0.5, 0.6) is 0 Å². The fourth-order valence-electron chi connectivity index (χ4n) is 2.87. The fraction of sp³-hybridized carbons (Fsp3) is 0.579. The van der Waals surface area contributed by atoms with Crippen molar-refractivity contribution in [2.45, 2.75) is 59.9 Å². The number of aryl methyl sites for hydroxylation is 1. The monoisotopic (exact) mass is 287 g/mol. The molecule has 1 aromatic heterocycles. The van der Waals surface area contributed by atoms with Crippen LogP contribution in [0.25, 0.3) is 11.0 Å². The first-order valence-electron chi connectivity index (χ1n) is 8.22. The maximum atomic E-state index is 6.30. The molecule has 2 rings (SSSR count). The van der Waals surface area contributed by atoms with Gasteiger partial charge in [0.05, 0.1) is 6.04 Å². The molecular formula is C19H29NO. The van der Waals surface area contributed by atoms with E-state index in [1.165, 1.54) is 16.5 Å². The average Bonchev–Trinajstić information content (AvgIpc) is 2.84. The SMILES string of the molecule is CCCNC(c1cc2c(C)ccc(C(C)C)c2o1)C(C)C. The Labute approximate surface area is 128 Å². The third-order valence-corrected chi connectivity index (χ3v) is 4.16. The van der Waals surface area contributed by atoms with Gasteiger partial charge >= 0.3 is 0 Å². The number of hydrogen-bond acceptors (Lipinski definition) is 2. The number of furan rings is 1. The number of benzene rings is 1. The van der Waals surface area contributed by atoms with E-state index < -0.39 is 0 Å². The minimum atomic E-state index is 0.289. The molecule has 0 saturated heterocycles. The third kappa shape index (κ3) is 3.32. The lowest BCUT2D eigenvalue weighted by Gasteiger charge is -2.19. The molecule has 2 aromatic rings. The summed E-state index contributed by atoms with van der Waals surface area (Å²) in [4.78, 5) is 0. The zero-order valence-corrected chi connectivity index (χ0v) is 14.3. The van der Waals surface area contributed by atoms with Gasteiger partial charge in [-0.25, -0.2) is 0 Å². The Morgan fingerprint density at radius 3 is 2.43 bits per heavy atom. The second-order valence-electron chi connectivity index (χ2n) is 6.69. The van der Waals surface area contributed by atoms with Gasteiger partial charge in [-0.15, -0.1) is 0 Å². The fourth-order valence-corrected chi connectivity index (χ4v) is 2.87. The van der Waals surface area contributed by atoms with E-state index in [4.69, 9.17) is 4.42 Å². The Balaban J connectivity index is 2.50. The van der Waals surface area contributed by atoms with Gasteiger partial charge in [0.1, 0.15) is 11.3 Å². The van der Waals surface area contributed by atoms with Crippen LogP contribution in [0.15, 0.2) is 22.6 Å². The van der Waals surface area contributed by atoms with Crippen molar-refractivity contribution in [3.63, 3.8) is 0 Å². The van der Waals surface area contributed by atoms with Crippen LogP contribution in [0.3, 0.4) is 0 Å². The first-order chi connectivity index (χ1) is 9.95. The maximum absolute atomic E-state index is 6.30. The summed E-state index contributed by atoms with van der Waals surface area (Å²) in [5, 5.41) is 4.88. The van der Waals surface area contributed by atoms with Gasteiger partial charge in [0.25, 0.3) is 0 Å². The molecule has 0 saturated carbocycles. The molecule has 1 atom stereocenters. The van der Waals surface area contributed by atoms with Crippen LogP contribution >= 0.6 is 0 Å². The van der Waals surface area contributed by atoms with Crippen molar-refractivity contribution in [2.75, 3.05) is 6.54 Å². The van der Waals surface area contributed by atoms with E-state index in [0.717, 1.165) is 24.3 Å². The van der Waals surface area contributed by atoms with E-state index in [2.05, 4.69) is 65.1 Å². The van der Waals surface area contributed by atoms with Gasteiger partial charge in [-0.3, -0.25) is 0 Å². The lowest BCUT2D eigenvalue weighted by atomic mass is 9.98. The van der Waals surface area contributed by atoms with E-state index >= 15 is 0 Å². The molecular weight excluding hydrogens is 258 g/mol. The van der Waals surface area contributed by atoms with E-state index in [0.29, 0.717) is 11.8 Å². The van der Waals surface area contributed by atoms with Crippen LogP contribution in [-0.2, 0) is 0 Å². The topological polar surface area (TPSA) is 25.2 Å². The highest BCUT2D eigenvalue weighted by atomic mass is 16.3. The van der Waals surface area contributed by atoms with Crippen LogP contribution in [-0.4, -0.2) is 6.54 Å². The highest BCUT2D eigenvalue weighted by molar-refractivity contribution is 5.85. The molecule has 1 unspecified atom stereocenters. The third-order valence-electron chi connectivity index (χ3n) is 4.16. The molecule has 116 valence electrons. The molecule has 21 heavy (non-hydrogen) atoms. The van der Waals surface area contributed by atoms with E-state index in [1.807, 2.05) is 0 Å². The van der Waals surface area contributed by atoms with Crippen LogP contribution in [0.4, 0.5) is 0 Å². The first kappa shape index (κ1) is 16.1. The van der Waals surface area contributed by atoms with Gasteiger partial charge in [0.2, 0.25) is 0 Å². The summed E-state index contributed by atoms with van der Waals surface area (Å²) >= 11 is 0. The minimum absolute atomic E-state index is 0.289. The van der Waals surface area contributed by atoms with Crippen LogP contribution in [0.2, 0.25) is 0 Å². The summed E-state index contributed by atoms with van der Waals surface area (Å²) in [7, 11) is 0. The quantitative estimate of drug-likeness (QED) is 0.752. The normalized spacial score (nSPS) is 13.5.